The Hall–Kier alpha value is -1.32. The van der Waals surface area contributed by atoms with Crippen molar-refractivity contribution in [2.24, 2.45) is 0 Å². The van der Waals surface area contributed by atoms with E-state index in [4.69, 9.17) is 0 Å². The minimum absolute atomic E-state index is 0.133. The lowest BCUT2D eigenvalue weighted by Crippen LogP contribution is -2.05. The maximum Gasteiger partial charge on any atom is 0.267 e. The van der Waals surface area contributed by atoms with Gasteiger partial charge >= 0.3 is 0 Å². The molecular formula is C8H12N2O2. The van der Waals surface area contributed by atoms with E-state index in [0.29, 0.717) is 24.1 Å². The molecule has 0 amide bonds. The highest BCUT2D eigenvalue weighted by Gasteiger charge is 2.07. The van der Waals surface area contributed by atoms with E-state index < -0.39 is 0 Å². The molecule has 0 aliphatic heterocycles. The van der Waals surface area contributed by atoms with Crippen molar-refractivity contribution in [3.63, 3.8) is 0 Å². The Morgan fingerprint density at radius 1 is 1.42 bits per heavy atom. The third-order valence-electron chi connectivity index (χ3n) is 1.89. The maximum atomic E-state index is 11.0. The molecule has 0 saturated carbocycles. The van der Waals surface area contributed by atoms with Gasteiger partial charge in [0, 0.05) is 24.1 Å². The SMILES string of the molecule is CCC(=O)Cc1[nH][nH]c(=O)c1C. The van der Waals surface area contributed by atoms with Crippen LogP contribution in [0.25, 0.3) is 0 Å². The first-order valence-corrected chi connectivity index (χ1v) is 3.93. The fraction of sp³-hybridized carbons (Fsp3) is 0.500. The van der Waals surface area contributed by atoms with Gasteiger partial charge in [-0.1, -0.05) is 6.92 Å². The monoisotopic (exact) mass is 168 g/mol. The zero-order valence-electron chi connectivity index (χ0n) is 7.23. The highest BCUT2D eigenvalue weighted by atomic mass is 16.1. The number of Topliss-reactive ketones (excluding diaryl/α,β-unsaturated/α-hetero) is 1. The zero-order valence-corrected chi connectivity index (χ0v) is 7.23. The number of carbonyl (C=O) groups is 1. The van der Waals surface area contributed by atoms with E-state index in [1.54, 1.807) is 6.92 Å². The van der Waals surface area contributed by atoms with Crippen LogP contribution in [0.4, 0.5) is 0 Å². The van der Waals surface area contributed by atoms with Gasteiger partial charge in [0.2, 0.25) is 0 Å². The number of hydrogen-bond donors (Lipinski definition) is 2. The molecular weight excluding hydrogens is 156 g/mol. The Morgan fingerprint density at radius 3 is 2.50 bits per heavy atom. The molecule has 2 N–H and O–H groups in total. The van der Waals surface area contributed by atoms with E-state index in [1.165, 1.54) is 0 Å². The first-order valence-electron chi connectivity index (χ1n) is 3.93. The summed E-state index contributed by atoms with van der Waals surface area (Å²) < 4.78 is 0. The summed E-state index contributed by atoms with van der Waals surface area (Å²) in [7, 11) is 0. The molecule has 0 aliphatic rings. The van der Waals surface area contributed by atoms with Gasteiger partial charge in [0.25, 0.3) is 5.56 Å². The Labute approximate surface area is 70.0 Å². The van der Waals surface area contributed by atoms with Gasteiger partial charge in [0.1, 0.15) is 5.78 Å². The van der Waals surface area contributed by atoms with Crippen LogP contribution in [0.2, 0.25) is 0 Å². The van der Waals surface area contributed by atoms with Crippen LogP contribution in [0, 0.1) is 6.92 Å². The van der Waals surface area contributed by atoms with Crippen molar-refractivity contribution in [2.45, 2.75) is 26.7 Å². The van der Waals surface area contributed by atoms with E-state index in [0.717, 1.165) is 0 Å². The third-order valence-corrected chi connectivity index (χ3v) is 1.89. The molecule has 4 heteroatoms. The lowest BCUT2D eigenvalue weighted by molar-refractivity contribution is -0.118. The smallest absolute Gasteiger partial charge is 0.267 e. The van der Waals surface area contributed by atoms with Gasteiger partial charge in [0.05, 0.1) is 0 Å². The summed E-state index contributed by atoms with van der Waals surface area (Å²) >= 11 is 0. The molecule has 0 saturated heterocycles. The molecule has 66 valence electrons. The molecule has 12 heavy (non-hydrogen) atoms. The lowest BCUT2D eigenvalue weighted by Gasteiger charge is -1.94. The first kappa shape index (κ1) is 8.77. The highest BCUT2D eigenvalue weighted by Crippen LogP contribution is 2.00. The Morgan fingerprint density at radius 2 is 2.08 bits per heavy atom. The van der Waals surface area contributed by atoms with Crippen molar-refractivity contribution < 1.29 is 4.79 Å². The van der Waals surface area contributed by atoms with Crippen LogP contribution in [0.3, 0.4) is 0 Å². The van der Waals surface area contributed by atoms with Crippen LogP contribution in [0.1, 0.15) is 24.6 Å². The van der Waals surface area contributed by atoms with Crippen LogP contribution in [0.5, 0.6) is 0 Å². The van der Waals surface area contributed by atoms with Gasteiger partial charge in [-0.05, 0) is 6.92 Å². The summed E-state index contributed by atoms with van der Waals surface area (Å²) in [4.78, 5) is 21.9. The lowest BCUT2D eigenvalue weighted by atomic mass is 10.1. The molecule has 0 radical (unpaired) electrons. The maximum absolute atomic E-state index is 11.0. The van der Waals surface area contributed by atoms with Crippen molar-refractivity contribution >= 4 is 5.78 Å². The van der Waals surface area contributed by atoms with Crippen molar-refractivity contribution in [2.75, 3.05) is 0 Å². The molecule has 0 aliphatic carbocycles. The Kier molecular flexibility index (Phi) is 2.47. The van der Waals surface area contributed by atoms with Crippen LogP contribution >= 0.6 is 0 Å². The molecule has 0 aromatic carbocycles. The molecule has 4 nitrogen and oxygen atoms in total. The summed E-state index contributed by atoms with van der Waals surface area (Å²) in [5, 5.41) is 5.11. The number of carbonyl (C=O) groups excluding carboxylic acids is 1. The summed E-state index contributed by atoms with van der Waals surface area (Å²) in [6, 6.07) is 0. The molecule has 1 aromatic heterocycles. The second-order valence-electron chi connectivity index (χ2n) is 2.75. The van der Waals surface area contributed by atoms with Gasteiger partial charge < -0.3 is 5.10 Å². The summed E-state index contributed by atoms with van der Waals surface area (Å²) in [6.07, 6.45) is 0.827. The molecule has 1 rings (SSSR count). The third kappa shape index (κ3) is 1.64. The summed E-state index contributed by atoms with van der Waals surface area (Å²) in [5.41, 5.74) is 1.16. The van der Waals surface area contributed by atoms with Crippen molar-refractivity contribution in [1.82, 2.24) is 10.2 Å². The molecule has 0 spiro atoms. The molecule has 1 heterocycles. The normalized spacial score (nSPS) is 10.2. The minimum Gasteiger partial charge on any atom is -0.302 e. The van der Waals surface area contributed by atoms with Crippen LogP contribution in [0.15, 0.2) is 4.79 Å². The first-order chi connectivity index (χ1) is 5.65. The number of hydrogen-bond acceptors (Lipinski definition) is 2. The molecule has 0 unspecified atom stereocenters. The highest BCUT2D eigenvalue weighted by molar-refractivity contribution is 5.80. The number of H-pyrrole nitrogens is 2. The number of nitrogens with one attached hydrogen (secondary N) is 2. The standard InChI is InChI=1S/C8H12N2O2/c1-3-6(11)4-7-5(2)8(12)10-9-7/h3-4H2,1-2H3,(H2,9,10,12). The topological polar surface area (TPSA) is 65.7 Å². The number of aromatic nitrogens is 2. The molecule has 1 aromatic rings. The van der Waals surface area contributed by atoms with E-state index in [1.807, 2.05) is 6.92 Å². The molecule has 0 fully saturated rings. The van der Waals surface area contributed by atoms with E-state index >= 15 is 0 Å². The molecule has 0 bridgehead atoms. The predicted octanol–water partition coefficient (Wildman–Crippen LogP) is 0.533. The van der Waals surface area contributed by atoms with Gasteiger partial charge in [-0.2, -0.15) is 0 Å². The average Bonchev–Trinajstić information content (AvgIpc) is 2.36. The van der Waals surface area contributed by atoms with Crippen LogP contribution in [-0.4, -0.2) is 16.0 Å². The average molecular weight is 168 g/mol. The van der Waals surface area contributed by atoms with Gasteiger partial charge in [-0.15, -0.1) is 0 Å². The summed E-state index contributed by atoms with van der Waals surface area (Å²) in [6.45, 7) is 3.51. The Bertz CT molecular complexity index is 335. The zero-order chi connectivity index (χ0) is 9.14. The fourth-order valence-electron chi connectivity index (χ4n) is 0.956. The summed E-state index contributed by atoms with van der Waals surface area (Å²) in [5.74, 6) is 0.133. The van der Waals surface area contributed by atoms with E-state index in [9.17, 15) is 9.59 Å². The number of ketones is 1. The second kappa shape index (κ2) is 3.38. The van der Waals surface area contributed by atoms with Crippen molar-refractivity contribution in [3.05, 3.63) is 21.6 Å². The molecule has 0 atom stereocenters. The number of aromatic amines is 2. The second-order valence-corrected chi connectivity index (χ2v) is 2.75. The van der Waals surface area contributed by atoms with Crippen molar-refractivity contribution in [1.29, 1.82) is 0 Å². The van der Waals surface area contributed by atoms with Gasteiger partial charge in [-0.25, -0.2) is 0 Å². The fourth-order valence-corrected chi connectivity index (χ4v) is 0.956. The van der Waals surface area contributed by atoms with Gasteiger partial charge in [-0.3, -0.25) is 14.7 Å². The quantitative estimate of drug-likeness (QED) is 0.691. The van der Waals surface area contributed by atoms with Crippen LogP contribution in [-0.2, 0) is 11.2 Å². The largest absolute Gasteiger partial charge is 0.302 e. The van der Waals surface area contributed by atoms with Gasteiger partial charge in [0.15, 0.2) is 0 Å². The number of rotatable bonds is 3. The van der Waals surface area contributed by atoms with Crippen molar-refractivity contribution in [3.8, 4) is 0 Å². The minimum atomic E-state index is -0.145. The Balaban J connectivity index is 2.83. The predicted molar refractivity (Wildman–Crippen MR) is 45.2 cm³/mol. The van der Waals surface area contributed by atoms with Crippen LogP contribution < -0.4 is 5.56 Å². The van der Waals surface area contributed by atoms with E-state index in [-0.39, 0.29) is 11.3 Å². The van der Waals surface area contributed by atoms with E-state index in [2.05, 4.69) is 10.2 Å².